The van der Waals surface area contributed by atoms with Crippen molar-refractivity contribution in [1.82, 2.24) is 4.90 Å². The van der Waals surface area contributed by atoms with Gasteiger partial charge in [0.05, 0.1) is 6.67 Å². The number of imide groups is 1. The van der Waals surface area contributed by atoms with Crippen molar-refractivity contribution in [3.8, 4) is 11.1 Å². The van der Waals surface area contributed by atoms with Gasteiger partial charge in [0.1, 0.15) is 0 Å². The molecule has 0 aromatic heterocycles. The summed E-state index contributed by atoms with van der Waals surface area (Å²) in [6.45, 7) is 0.238. The summed E-state index contributed by atoms with van der Waals surface area (Å²) in [5.41, 5.74) is 3.19. The fraction of sp³-hybridized carbons (Fsp3) is 0.176. The maximum atomic E-state index is 11.5. The summed E-state index contributed by atoms with van der Waals surface area (Å²) in [7, 11) is 0. The van der Waals surface area contributed by atoms with Gasteiger partial charge < -0.3 is 5.32 Å². The Kier molecular flexibility index (Phi) is 3.69. The van der Waals surface area contributed by atoms with E-state index < -0.39 is 0 Å². The molecule has 0 radical (unpaired) electrons. The fourth-order valence-corrected chi connectivity index (χ4v) is 2.38. The third kappa shape index (κ3) is 2.94. The number of rotatable bonds is 4. The zero-order valence-electron chi connectivity index (χ0n) is 11.6. The number of nitrogens with zero attached hydrogens (tertiary/aromatic N) is 1. The quantitative estimate of drug-likeness (QED) is 0.876. The van der Waals surface area contributed by atoms with Crippen LogP contribution in [0.5, 0.6) is 0 Å². The van der Waals surface area contributed by atoms with Crippen LogP contribution in [0.3, 0.4) is 0 Å². The highest BCUT2D eigenvalue weighted by Crippen LogP contribution is 2.21. The monoisotopic (exact) mass is 280 g/mol. The highest BCUT2D eigenvalue weighted by Gasteiger charge is 2.28. The molecule has 1 heterocycles. The predicted octanol–water partition coefficient (Wildman–Crippen LogP) is 2.87. The Hall–Kier alpha value is -2.62. The topological polar surface area (TPSA) is 49.4 Å². The second-order valence-electron chi connectivity index (χ2n) is 4.99. The van der Waals surface area contributed by atoms with E-state index >= 15 is 0 Å². The fourth-order valence-electron chi connectivity index (χ4n) is 2.38. The summed E-state index contributed by atoms with van der Waals surface area (Å²) < 4.78 is 0. The van der Waals surface area contributed by atoms with Gasteiger partial charge in [0.2, 0.25) is 11.8 Å². The molecule has 2 amide bonds. The van der Waals surface area contributed by atoms with E-state index in [1.807, 2.05) is 42.5 Å². The van der Waals surface area contributed by atoms with Crippen molar-refractivity contribution in [2.24, 2.45) is 0 Å². The van der Waals surface area contributed by atoms with E-state index in [4.69, 9.17) is 0 Å². The van der Waals surface area contributed by atoms with Gasteiger partial charge in [0.15, 0.2) is 0 Å². The first kappa shape index (κ1) is 13.4. The number of hydrogen-bond acceptors (Lipinski definition) is 3. The van der Waals surface area contributed by atoms with Crippen LogP contribution < -0.4 is 5.32 Å². The van der Waals surface area contributed by atoms with Gasteiger partial charge in [-0.25, -0.2) is 0 Å². The van der Waals surface area contributed by atoms with E-state index in [9.17, 15) is 9.59 Å². The van der Waals surface area contributed by atoms with Gasteiger partial charge in [-0.15, -0.1) is 0 Å². The lowest BCUT2D eigenvalue weighted by Gasteiger charge is -2.15. The second kappa shape index (κ2) is 5.79. The summed E-state index contributed by atoms with van der Waals surface area (Å²) >= 11 is 0. The average molecular weight is 280 g/mol. The molecule has 0 atom stereocenters. The first-order chi connectivity index (χ1) is 10.2. The molecule has 0 spiro atoms. The van der Waals surface area contributed by atoms with Crippen LogP contribution in [0.25, 0.3) is 11.1 Å². The van der Waals surface area contributed by atoms with Crippen LogP contribution >= 0.6 is 0 Å². The van der Waals surface area contributed by atoms with Crippen LogP contribution in [0.15, 0.2) is 54.6 Å². The van der Waals surface area contributed by atoms with Crippen LogP contribution in [-0.2, 0) is 9.59 Å². The Balaban J connectivity index is 1.65. The Morgan fingerprint density at radius 1 is 0.810 bits per heavy atom. The maximum absolute atomic E-state index is 11.5. The summed E-state index contributed by atoms with van der Waals surface area (Å²) in [4.78, 5) is 24.3. The Bertz CT molecular complexity index is 634. The van der Waals surface area contributed by atoms with Gasteiger partial charge in [0.25, 0.3) is 0 Å². The summed E-state index contributed by atoms with van der Waals surface area (Å²) in [6.07, 6.45) is 0.654. The van der Waals surface area contributed by atoms with E-state index in [2.05, 4.69) is 17.4 Å². The molecule has 0 unspecified atom stereocenters. The number of hydrogen-bond donors (Lipinski definition) is 1. The number of likely N-dealkylation sites (tertiary alicyclic amines) is 1. The summed E-state index contributed by atoms with van der Waals surface area (Å²) in [5, 5.41) is 3.11. The standard InChI is InChI=1S/C17H16N2O2/c20-16-10-11-17(21)19(16)12-18-15-8-6-14(7-9-15)13-4-2-1-3-5-13/h1-9,18H,10-12H2. The number of carbonyl (C=O) groups excluding carboxylic acids is 2. The number of anilines is 1. The van der Waals surface area contributed by atoms with E-state index in [0.717, 1.165) is 16.8 Å². The molecule has 1 N–H and O–H groups in total. The molecule has 106 valence electrons. The smallest absolute Gasteiger partial charge is 0.231 e. The SMILES string of the molecule is O=C1CCC(=O)N1CNc1ccc(-c2ccccc2)cc1. The summed E-state index contributed by atoms with van der Waals surface area (Å²) in [6, 6.07) is 18.1. The van der Waals surface area contributed by atoms with E-state index in [-0.39, 0.29) is 18.5 Å². The molecule has 2 aromatic rings. The van der Waals surface area contributed by atoms with Crippen LogP contribution in [0.4, 0.5) is 5.69 Å². The second-order valence-corrected chi connectivity index (χ2v) is 4.99. The first-order valence-electron chi connectivity index (χ1n) is 6.96. The van der Waals surface area contributed by atoms with E-state index in [1.165, 1.54) is 4.90 Å². The lowest BCUT2D eigenvalue weighted by atomic mass is 10.1. The van der Waals surface area contributed by atoms with E-state index in [0.29, 0.717) is 12.8 Å². The molecule has 0 saturated carbocycles. The largest absolute Gasteiger partial charge is 0.367 e. The minimum Gasteiger partial charge on any atom is -0.367 e. The molecule has 0 aliphatic carbocycles. The van der Waals surface area contributed by atoms with Crippen molar-refractivity contribution in [2.75, 3.05) is 12.0 Å². The van der Waals surface area contributed by atoms with Gasteiger partial charge in [-0.05, 0) is 23.3 Å². The predicted molar refractivity (Wildman–Crippen MR) is 81.5 cm³/mol. The number of benzene rings is 2. The minimum absolute atomic E-state index is 0.103. The molecule has 3 rings (SSSR count). The number of nitrogens with one attached hydrogen (secondary N) is 1. The molecule has 1 saturated heterocycles. The van der Waals surface area contributed by atoms with Crippen molar-refractivity contribution >= 4 is 17.5 Å². The van der Waals surface area contributed by atoms with Crippen LogP contribution in [0.1, 0.15) is 12.8 Å². The first-order valence-corrected chi connectivity index (χ1v) is 6.96. The van der Waals surface area contributed by atoms with Crippen molar-refractivity contribution in [1.29, 1.82) is 0 Å². The zero-order chi connectivity index (χ0) is 14.7. The maximum Gasteiger partial charge on any atom is 0.231 e. The van der Waals surface area contributed by atoms with Crippen LogP contribution in [-0.4, -0.2) is 23.4 Å². The van der Waals surface area contributed by atoms with Gasteiger partial charge in [0, 0.05) is 18.5 Å². The van der Waals surface area contributed by atoms with Gasteiger partial charge in [-0.2, -0.15) is 0 Å². The van der Waals surface area contributed by atoms with E-state index in [1.54, 1.807) is 0 Å². The normalized spacial score (nSPS) is 14.6. The van der Waals surface area contributed by atoms with Crippen molar-refractivity contribution in [3.05, 3.63) is 54.6 Å². The third-order valence-electron chi connectivity index (χ3n) is 3.59. The lowest BCUT2D eigenvalue weighted by Crippen LogP contribution is -2.33. The van der Waals surface area contributed by atoms with Gasteiger partial charge in [-0.3, -0.25) is 14.5 Å². The molecule has 2 aromatic carbocycles. The summed E-state index contributed by atoms with van der Waals surface area (Å²) in [5.74, 6) is -0.207. The van der Waals surface area contributed by atoms with Crippen LogP contribution in [0, 0.1) is 0 Å². The molecule has 1 fully saturated rings. The lowest BCUT2D eigenvalue weighted by molar-refractivity contribution is -0.137. The molecular weight excluding hydrogens is 264 g/mol. The van der Waals surface area contributed by atoms with Gasteiger partial charge >= 0.3 is 0 Å². The average Bonchev–Trinajstić information content (AvgIpc) is 2.85. The number of amides is 2. The minimum atomic E-state index is -0.103. The molecular formula is C17H16N2O2. The highest BCUT2D eigenvalue weighted by atomic mass is 16.2. The highest BCUT2D eigenvalue weighted by molar-refractivity contribution is 6.02. The Labute approximate surface area is 123 Å². The molecule has 1 aliphatic rings. The molecule has 21 heavy (non-hydrogen) atoms. The molecule has 4 nitrogen and oxygen atoms in total. The van der Waals surface area contributed by atoms with Crippen molar-refractivity contribution in [2.45, 2.75) is 12.8 Å². The molecule has 0 bridgehead atoms. The van der Waals surface area contributed by atoms with Crippen molar-refractivity contribution < 1.29 is 9.59 Å². The molecule has 1 aliphatic heterocycles. The van der Waals surface area contributed by atoms with Crippen molar-refractivity contribution in [3.63, 3.8) is 0 Å². The number of carbonyl (C=O) groups is 2. The third-order valence-corrected chi connectivity index (χ3v) is 3.59. The Morgan fingerprint density at radius 3 is 2.00 bits per heavy atom. The van der Waals surface area contributed by atoms with Gasteiger partial charge in [-0.1, -0.05) is 42.5 Å². The molecule has 4 heteroatoms. The zero-order valence-corrected chi connectivity index (χ0v) is 11.6. The van der Waals surface area contributed by atoms with Crippen LogP contribution in [0.2, 0.25) is 0 Å². The Morgan fingerprint density at radius 2 is 1.38 bits per heavy atom.